The number of aromatic nitrogens is 2. The van der Waals surface area contributed by atoms with Gasteiger partial charge in [-0.25, -0.2) is 4.79 Å². The lowest BCUT2D eigenvalue weighted by molar-refractivity contribution is -0.386. The van der Waals surface area contributed by atoms with Gasteiger partial charge in [0.05, 0.1) is 23.6 Å². The summed E-state index contributed by atoms with van der Waals surface area (Å²) in [5.41, 5.74) is 1.93. The average molecular weight is 404 g/mol. The Hall–Kier alpha value is -3.27. The largest absolute Gasteiger partial charge is 0.449 e. The van der Waals surface area contributed by atoms with Crippen LogP contribution in [0.1, 0.15) is 34.2 Å². The molecule has 156 valence electrons. The molecule has 0 unspecified atom stereocenters. The number of esters is 1. The van der Waals surface area contributed by atoms with Crippen molar-refractivity contribution in [2.75, 3.05) is 20.3 Å². The molecule has 0 fully saturated rings. The number of nitro groups is 1. The van der Waals surface area contributed by atoms with Gasteiger partial charge in [-0.1, -0.05) is 12.1 Å². The van der Waals surface area contributed by atoms with E-state index in [2.05, 4.69) is 10.4 Å². The van der Waals surface area contributed by atoms with E-state index in [1.165, 1.54) is 14.0 Å². The van der Waals surface area contributed by atoms with Gasteiger partial charge in [-0.3, -0.25) is 19.6 Å². The second kappa shape index (κ2) is 9.78. The third kappa shape index (κ3) is 5.61. The summed E-state index contributed by atoms with van der Waals surface area (Å²) in [5, 5.41) is 17.9. The van der Waals surface area contributed by atoms with E-state index in [0.29, 0.717) is 36.6 Å². The van der Waals surface area contributed by atoms with Crippen molar-refractivity contribution in [2.45, 2.75) is 33.4 Å². The molecule has 0 aliphatic rings. The summed E-state index contributed by atoms with van der Waals surface area (Å²) in [6.45, 7) is 5.75. The first-order valence-electron chi connectivity index (χ1n) is 8.99. The zero-order chi connectivity index (χ0) is 21.6. The molecule has 1 aromatic heterocycles. The Labute approximate surface area is 167 Å². The van der Waals surface area contributed by atoms with Gasteiger partial charge < -0.3 is 14.8 Å². The van der Waals surface area contributed by atoms with Crippen LogP contribution in [0.15, 0.2) is 24.3 Å². The highest BCUT2D eigenvalue weighted by atomic mass is 16.6. The molecule has 0 radical (unpaired) electrons. The fraction of sp³-hybridized carbons (Fsp3) is 0.421. The summed E-state index contributed by atoms with van der Waals surface area (Å²) in [6, 6.07) is 6.57. The van der Waals surface area contributed by atoms with Crippen molar-refractivity contribution in [3.8, 4) is 0 Å². The van der Waals surface area contributed by atoms with Crippen molar-refractivity contribution in [1.29, 1.82) is 0 Å². The molecule has 0 aliphatic heterocycles. The minimum atomic E-state index is -0.936. The second-order valence-corrected chi connectivity index (χ2v) is 6.46. The fourth-order valence-corrected chi connectivity index (χ4v) is 2.73. The molecule has 1 amide bonds. The number of carbonyl (C=O) groups excluding carboxylic acids is 2. The van der Waals surface area contributed by atoms with E-state index in [-0.39, 0.29) is 5.69 Å². The second-order valence-electron chi connectivity index (χ2n) is 6.46. The van der Waals surface area contributed by atoms with Gasteiger partial charge in [0.25, 0.3) is 5.91 Å². The Morgan fingerprint density at radius 2 is 1.93 bits per heavy atom. The highest BCUT2D eigenvalue weighted by molar-refractivity contribution is 5.92. The number of hydrogen-bond donors (Lipinski definition) is 1. The third-order valence-corrected chi connectivity index (χ3v) is 4.31. The Morgan fingerprint density at radius 1 is 1.28 bits per heavy atom. The SMILES string of the molecule is COCCNC(=O)[C@@H](C)OC(=O)c1ccc(Cn2nc(C)c([N+](=O)[O-])c2C)cc1. The average Bonchev–Trinajstić information content (AvgIpc) is 2.95. The van der Waals surface area contributed by atoms with Crippen LogP contribution in [0.25, 0.3) is 0 Å². The fourth-order valence-electron chi connectivity index (χ4n) is 2.73. The molecule has 29 heavy (non-hydrogen) atoms. The summed E-state index contributed by atoms with van der Waals surface area (Å²) in [4.78, 5) is 34.7. The van der Waals surface area contributed by atoms with E-state index in [1.807, 2.05) is 0 Å². The summed E-state index contributed by atoms with van der Waals surface area (Å²) in [7, 11) is 1.52. The predicted molar refractivity (Wildman–Crippen MR) is 104 cm³/mol. The molecule has 1 atom stereocenters. The molecule has 0 saturated heterocycles. The summed E-state index contributed by atoms with van der Waals surface area (Å²) in [6.07, 6.45) is -0.936. The van der Waals surface area contributed by atoms with Crippen molar-refractivity contribution < 1.29 is 24.0 Å². The Bertz CT molecular complexity index is 891. The zero-order valence-corrected chi connectivity index (χ0v) is 16.8. The molecular formula is C19H24N4O6. The minimum absolute atomic E-state index is 0.00274. The lowest BCUT2D eigenvalue weighted by atomic mass is 10.1. The Balaban J connectivity index is 1.99. The van der Waals surface area contributed by atoms with Gasteiger partial charge in [0, 0.05) is 13.7 Å². The molecule has 1 heterocycles. The number of methoxy groups -OCH3 is 1. The van der Waals surface area contributed by atoms with Gasteiger partial charge >= 0.3 is 11.7 Å². The first kappa shape index (κ1) is 22.0. The van der Waals surface area contributed by atoms with E-state index in [4.69, 9.17) is 9.47 Å². The molecule has 0 spiro atoms. The molecule has 2 aromatic rings. The number of rotatable bonds is 9. The van der Waals surface area contributed by atoms with Crippen LogP contribution in [0.2, 0.25) is 0 Å². The predicted octanol–water partition coefficient (Wildman–Crippen LogP) is 1.76. The van der Waals surface area contributed by atoms with E-state index in [1.54, 1.807) is 42.8 Å². The van der Waals surface area contributed by atoms with Gasteiger partial charge in [0.2, 0.25) is 0 Å². The monoisotopic (exact) mass is 404 g/mol. The standard InChI is InChI=1S/C19H24N4O6/c1-12-17(23(26)27)13(2)22(21-12)11-15-5-7-16(8-6-15)19(25)29-14(3)18(24)20-9-10-28-4/h5-8,14H,9-11H2,1-4H3,(H,20,24)/t14-/m1/s1. The molecular weight excluding hydrogens is 380 g/mol. The van der Waals surface area contributed by atoms with Crippen LogP contribution in [-0.2, 0) is 20.8 Å². The van der Waals surface area contributed by atoms with Crippen LogP contribution in [-0.4, -0.2) is 52.9 Å². The maximum atomic E-state index is 12.2. The van der Waals surface area contributed by atoms with E-state index < -0.39 is 22.9 Å². The van der Waals surface area contributed by atoms with Gasteiger partial charge in [-0.15, -0.1) is 0 Å². The smallest absolute Gasteiger partial charge is 0.338 e. The first-order valence-corrected chi connectivity index (χ1v) is 8.99. The number of nitrogens with zero attached hydrogens (tertiary/aromatic N) is 3. The van der Waals surface area contributed by atoms with Crippen molar-refractivity contribution in [1.82, 2.24) is 15.1 Å². The molecule has 10 nitrogen and oxygen atoms in total. The van der Waals surface area contributed by atoms with Gasteiger partial charge in [-0.2, -0.15) is 5.10 Å². The molecule has 1 aromatic carbocycles. The molecule has 10 heteroatoms. The maximum Gasteiger partial charge on any atom is 0.338 e. The van der Waals surface area contributed by atoms with Crippen molar-refractivity contribution in [2.24, 2.45) is 0 Å². The normalized spacial score (nSPS) is 11.7. The molecule has 0 saturated carbocycles. The topological polar surface area (TPSA) is 126 Å². The van der Waals surface area contributed by atoms with Gasteiger partial charge in [-0.05, 0) is 38.5 Å². The Kier molecular flexibility index (Phi) is 7.43. The van der Waals surface area contributed by atoms with Crippen LogP contribution in [0, 0.1) is 24.0 Å². The van der Waals surface area contributed by atoms with E-state index >= 15 is 0 Å². The number of amides is 1. The maximum absolute atomic E-state index is 12.2. The van der Waals surface area contributed by atoms with Crippen LogP contribution < -0.4 is 5.32 Å². The van der Waals surface area contributed by atoms with Crippen molar-refractivity contribution in [3.05, 3.63) is 56.9 Å². The lowest BCUT2D eigenvalue weighted by Crippen LogP contribution is -2.37. The molecule has 0 bridgehead atoms. The van der Waals surface area contributed by atoms with Gasteiger partial charge in [0.1, 0.15) is 11.4 Å². The number of nitrogens with one attached hydrogen (secondary N) is 1. The van der Waals surface area contributed by atoms with Crippen molar-refractivity contribution in [3.63, 3.8) is 0 Å². The minimum Gasteiger partial charge on any atom is -0.449 e. The van der Waals surface area contributed by atoms with E-state index in [0.717, 1.165) is 5.56 Å². The number of ether oxygens (including phenoxy) is 2. The Morgan fingerprint density at radius 3 is 2.48 bits per heavy atom. The number of hydrogen-bond acceptors (Lipinski definition) is 7. The van der Waals surface area contributed by atoms with Crippen LogP contribution in [0.4, 0.5) is 5.69 Å². The zero-order valence-electron chi connectivity index (χ0n) is 16.8. The summed E-state index contributed by atoms with van der Waals surface area (Å²) < 4.78 is 11.6. The van der Waals surface area contributed by atoms with Crippen LogP contribution in [0.5, 0.6) is 0 Å². The van der Waals surface area contributed by atoms with Crippen LogP contribution >= 0.6 is 0 Å². The summed E-state index contributed by atoms with van der Waals surface area (Å²) >= 11 is 0. The van der Waals surface area contributed by atoms with Crippen LogP contribution in [0.3, 0.4) is 0 Å². The van der Waals surface area contributed by atoms with Gasteiger partial charge in [0.15, 0.2) is 6.10 Å². The molecule has 0 aliphatic carbocycles. The molecule has 2 rings (SSSR count). The number of benzene rings is 1. The highest BCUT2D eigenvalue weighted by Crippen LogP contribution is 2.22. The highest BCUT2D eigenvalue weighted by Gasteiger charge is 2.22. The third-order valence-electron chi connectivity index (χ3n) is 4.31. The number of aryl methyl sites for hydroxylation is 1. The lowest BCUT2D eigenvalue weighted by Gasteiger charge is -2.13. The first-order chi connectivity index (χ1) is 13.7. The summed E-state index contributed by atoms with van der Waals surface area (Å²) in [5.74, 6) is -1.02. The molecule has 1 N–H and O–H groups in total. The quantitative estimate of drug-likeness (QED) is 0.292. The van der Waals surface area contributed by atoms with E-state index in [9.17, 15) is 19.7 Å². The number of carbonyl (C=O) groups is 2. The van der Waals surface area contributed by atoms with Crippen molar-refractivity contribution >= 4 is 17.6 Å².